The highest BCUT2D eigenvalue weighted by molar-refractivity contribution is 7.91. The molecule has 1 heterocycles. The van der Waals surface area contributed by atoms with Crippen molar-refractivity contribution in [3.63, 3.8) is 0 Å². The minimum atomic E-state index is -3.60. The van der Waals surface area contributed by atoms with E-state index < -0.39 is 15.6 Å². The quantitative estimate of drug-likeness (QED) is 0.814. The van der Waals surface area contributed by atoms with Gasteiger partial charge in [0.25, 0.3) is 0 Å². The largest absolute Gasteiger partial charge is 0.329 e. The molecule has 1 N–H and O–H groups in total. The van der Waals surface area contributed by atoms with Gasteiger partial charge in [0.05, 0.1) is 17.1 Å². The molecule has 0 saturated carbocycles. The highest BCUT2D eigenvalue weighted by Crippen LogP contribution is 2.14. The standard InChI is InChI=1S/C9H7N3O2S/c10-5-6-15(13,14)9-11-7-3-1-2-4-8(7)12-9/h1-4H,6H2,(H,11,12). The Morgan fingerprint density at radius 2 is 2.13 bits per heavy atom. The molecule has 0 atom stereocenters. The third kappa shape index (κ3) is 1.69. The van der Waals surface area contributed by atoms with Crippen molar-refractivity contribution in [1.82, 2.24) is 9.97 Å². The third-order valence-corrected chi connectivity index (χ3v) is 3.21. The zero-order chi connectivity index (χ0) is 10.9. The molecule has 2 rings (SSSR count). The summed E-state index contributed by atoms with van der Waals surface area (Å²) in [5.41, 5.74) is 1.23. The number of aromatic nitrogens is 2. The normalized spacial score (nSPS) is 11.4. The van der Waals surface area contributed by atoms with Gasteiger partial charge in [-0.05, 0) is 12.1 Å². The number of H-pyrrole nitrogens is 1. The Morgan fingerprint density at radius 1 is 1.40 bits per heavy atom. The summed E-state index contributed by atoms with van der Waals surface area (Å²) in [4.78, 5) is 6.58. The maximum atomic E-state index is 11.5. The van der Waals surface area contributed by atoms with E-state index in [9.17, 15) is 8.42 Å². The fourth-order valence-electron chi connectivity index (χ4n) is 1.23. The summed E-state index contributed by atoms with van der Waals surface area (Å²) in [6, 6.07) is 8.59. The summed E-state index contributed by atoms with van der Waals surface area (Å²) < 4.78 is 23.0. The lowest BCUT2D eigenvalue weighted by Gasteiger charge is -1.91. The topological polar surface area (TPSA) is 86.6 Å². The van der Waals surface area contributed by atoms with Gasteiger partial charge in [0.2, 0.25) is 15.0 Å². The number of hydrogen-bond acceptors (Lipinski definition) is 4. The Labute approximate surface area is 86.3 Å². The van der Waals surface area contributed by atoms with E-state index in [1.54, 1.807) is 30.3 Å². The van der Waals surface area contributed by atoms with E-state index in [0.717, 1.165) is 0 Å². The smallest absolute Gasteiger partial charge is 0.227 e. The van der Waals surface area contributed by atoms with Gasteiger partial charge in [0, 0.05) is 0 Å². The van der Waals surface area contributed by atoms with E-state index in [0.29, 0.717) is 11.0 Å². The van der Waals surface area contributed by atoms with Crippen molar-refractivity contribution in [2.24, 2.45) is 0 Å². The van der Waals surface area contributed by atoms with E-state index in [2.05, 4.69) is 9.97 Å². The molecule has 0 unspecified atom stereocenters. The van der Waals surface area contributed by atoms with Crippen LogP contribution in [0.5, 0.6) is 0 Å². The first-order valence-corrected chi connectivity index (χ1v) is 5.83. The van der Waals surface area contributed by atoms with Crippen LogP contribution in [0.3, 0.4) is 0 Å². The maximum Gasteiger partial charge on any atom is 0.227 e. The molecule has 6 heteroatoms. The van der Waals surface area contributed by atoms with Gasteiger partial charge in [-0.25, -0.2) is 13.4 Å². The minimum absolute atomic E-state index is 0.148. The van der Waals surface area contributed by atoms with Gasteiger partial charge in [-0.3, -0.25) is 0 Å². The number of nitrogens with one attached hydrogen (secondary N) is 1. The molecule has 0 spiro atoms. The SMILES string of the molecule is N#CCS(=O)(=O)c1nc2ccccc2[nH]1. The van der Waals surface area contributed by atoms with Crippen molar-refractivity contribution in [3.8, 4) is 6.07 Å². The summed E-state index contributed by atoms with van der Waals surface area (Å²) in [6.45, 7) is 0. The third-order valence-electron chi connectivity index (χ3n) is 1.92. The average Bonchev–Trinajstić information content (AvgIpc) is 2.61. The lowest BCUT2D eigenvalue weighted by atomic mass is 10.3. The molecule has 0 amide bonds. The lowest BCUT2D eigenvalue weighted by Crippen LogP contribution is -2.06. The molecular weight excluding hydrogens is 214 g/mol. The Balaban J connectivity index is 2.60. The molecule has 1 aromatic heterocycles. The van der Waals surface area contributed by atoms with Gasteiger partial charge in [-0.1, -0.05) is 12.1 Å². The average molecular weight is 221 g/mol. The van der Waals surface area contributed by atoms with Crippen LogP contribution in [0.1, 0.15) is 0 Å². The van der Waals surface area contributed by atoms with Crippen molar-refractivity contribution < 1.29 is 8.42 Å². The molecule has 0 fully saturated rings. The Bertz CT molecular complexity index is 604. The summed E-state index contributed by atoms with van der Waals surface area (Å²) >= 11 is 0. The van der Waals surface area contributed by atoms with Crippen molar-refractivity contribution in [2.75, 3.05) is 5.75 Å². The van der Waals surface area contributed by atoms with Gasteiger partial charge >= 0.3 is 0 Å². The van der Waals surface area contributed by atoms with Crippen LogP contribution in [-0.2, 0) is 9.84 Å². The molecule has 76 valence electrons. The second kappa shape index (κ2) is 3.37. The number of sulfone groups is 1. The number of imidazole rings is 1. The number of nitrogens with zero attached hydrogens (tertiary/aromatic N) is 2. The number of para-hydroxylation sites is 2. The van der Waals surface area contributed by atoms with E-state index in [1.807, 2.05) is 0 Å². The van der Waals surface area contributed by atoms with Crippen LogP contribution in [0.15, 0.2) is 29.4 Å². The fraction of sp³-hybridized carbons (Fsp3) is 0.111. The van der Waals surface area contributed by atoms with E-state index in [1.165, 1.54) is 0 Å². The second-order valence-electron chi connectivity index (χ2n) is 2.98. The van der Waals surface area contributed by atoms with Crippen LogP contribution in [0.25, 0.3) is 11.0 Å². The molecular formula is C9H7N3O2S. The molecule has 0 bridgehead atoms. The highest BCUT2D eigenvalue weighted by Gasteiger charge is 2.18. The van der Waals surface area contributed by atoms with E-state index >= 15 is 0 Å². The van der Waals surface area contributed by atoms with Gasteiger partial charge in [0.15, 0.2) is 0 Å². The zero-order valence-corrected chi connectivity index (χ0v) is 8.45. The predicted molar refractivity (Wildman–Crippen MR) is 53.8 cm³/mol. The molecule has 0 radical (unpaired) electrons. The van der Waals surface area contributed by atoms with Crippen LogP contribution >= 0.6 is 0 Å². The first-order chi connectivity index (χ1) is 7.13. The van der Waals surface area contributed by atoms with E-state index in [4.69, 9.17) is 5.26 Å². The molecule has 2 aromatic rings. The predicted octanol–water partition coefficient (Wildman–Crippen LogP) is 0.860. The monoisotopic (exact) mass is 221 g/mol. The molecule has 0 aliphatic rings. The van der Waals surface area contributed by atoms with Crippen molar-refractivity contribution in [2.45, 2.75) is 5.16 Å². The fourth-order valence-corrected chi connectivity index (χ4v) is 2.04. The first-order valence-electron chi connectivity index (χ1n) is 4.18. The molecule has 15 heavy (non-hydrogen) atoms. The van der Waals surface area contributed by atoms with Crippen molar-refractivity contribution in [1.29, 1.82) is 5.26 Å². The lowest BCUT2D eigenvalue weighted by molar-refractivity contribution is 0.592. The van der Waals surface area contributed by atoms with Crippen LogP contribution < -0.4 is 0 Å². The summed E-state index contributed by atoms with van der Waals surface area (Å²) in [5, 5.41) is 8.22. The Kier molecular flexibility index (Phi) is 2.17. The number of aromatic amines is 1. The first kappa shape index (κ1) is 9.68. The van der Waals surface area contributed by atoms with Crippen molar-refractivity contribution >= 4 is 20.9 Å². The van der Waals surface area contributed by atoms with Crippen LogP contribution in [0.2, 0.25) is 0 Å². The van der Waals surface area contributed by atoms with Crippen LogP contribution in [-0.4, -0.2) is 24.1 Å². The molecule has 0 aliphatic heterocycles. The number of nitriles is 1. The van der Waals surface area contributed by atoms with Gasteiger partial charge in [-0.2, -0.15) is 5.26 Å². The summed E-state index contributed by atoms with van der Waals surface area (Å²) in [5.74, 6) is -0.563. The number of benzene rings is 1. The summed E-state index contributed by atoms with van der Waals surface area (Å²) in [6.07, 6.45) is 0. The van der Waals surface area contributed by atoms with Crippen LogP contribution in [0.4, 0.5) is 0 Å². The number of hydrogen-bond donors (Lipinski definition) is 1. The zero-order valence-electron chi connectivity index (χ0n) is 7.64. The Morgan fingerprint density at radius 3 is 2.80 bits per heavy atom. The van der Waals surface area contributed by atoms with Gasteiger partial charge in [0.1, 0.15) is 5.75 Å². The highest BCUT2D eigenvalue weighted by atomic mass is 32.2. The van der Waals surface area contributed by atoms with Gasteiger partial charge in [-0.15, -0.1) is 0 Å². The summed E-state index contributed by atoms with van der Waals surface area (Å²) in [7, 11) is -3.60. The van der Waals surface area contributed by atoms with Gasteiger partial charge < -0.3 is 4.98 Å². The van der Waals surface area contributed by atoms with Crippen molar-refractivity contribution in [3.05, 3.63) is 24.3 Å². The molecule has 0 saturated heterocycles. The number of rotatable bonds is 2. The molecule has 1 aromatic carbocycles. The van der Waals surface area contributed by atoms with Crippen LogP contribution in [0, 0.1) is 11.3 Å². The minimum Gasteiger partial charge on any atom is -0.329 e. The van der Waals surface area contributed by atoms with E-state index in [-0.39, 0.29) is 5.16 Å². The molecule has 5 nitrogen and oxygen atoms in total. The number of fused-ring (bicyclic) bond motifs is 1. The molecule has 0 aliphatic carbocycles. The maximum absolute atomic E-state index is 11.5. The second-order valence-corrected chi connectivity index (χ2v) is 4.88. The Hall–Kier alpha value is -1.87.